The van der Waals surface area contributed by atoms with E-state index in [-0.39, 0.29) is 30.8 Å². The van der Waals surface area contributed by atoms with Crippen molar-refractivity contribution in [2.75, 3.05) is 32.1 Å². The number of carbonyl (C=O) groups excluding carboxylic acids is 3. The number of ether oxygens (including phenoxy) is 1. The third-order valence-corrected chi connectivity index (χ3v) is 4.31. The van der Waals surface area contributed by atoms with Crippen molar-refractivity contribution in [2.24, 2.45) is 0 Å². The van der Waals surface area contributed by atoms with Crippen molar-refractivity contribution in [3.8, 4) is 5.75 Å². The van der Waals surface area contributed by atoms with Crippen LogP contribution in [-0.4, -0.2) is 49.4 Å². The van der Waals surface area contributed by atoms with Gasteiger partial charge in [-0.05, 0) is 49.2 Å². The van der Waals surface area contributed by atoms with Gasteiger partial charge in [0.1, 0.15) is 5.75 Å². The molecule has 7 heteroatoms. The lowest BCUT2D eigenvalue weighted by Gasteiger charge is -2.22. The first kappa shape index (κ1) is 21.9. The lowest BCUT2D eigenvalue weighted by Crippen LogP contribution is -2.43. The molecule has 0 aliphatic heterocycles. The summed E-state index contributed by atoms with van der Waals surface area (Å²) in [5.41, 5.74) is 2.04. The van der Waals surface area contributed by atoms with Gasteiger partial charge in [-0.2, -0.15) is 0 Å². The molecule has 154 valence electrons. The van der Waals surface area contributed by atoms with Crippen LogP contribution < -0.4 is 15.4 Å². The number of anilines is 1. The van der Waals surface area contributed by atoms with E-state index in [0.717, 1.165) is 12.0 Å². The zero-order valence-electron chi connectivity index (χ0n) is 17.0. The lowest BCUT2D eigenvalue weighted by molar-refractivity contribution is -0.124. The molecule has 2 aromatic carbocycles. The van der Waals surface area contributed by atoms with Crippen molar-refractivity contribution in [3.05, 3.63) is 59.7 Å². The van der Waals surface area contributed by atoms with E-state index in [1.165, 1.54) is 4.90 Å². The molecule has 0 atom stereocenters. The summed E-state index contributed by atoms with van der Waals surface area (Å²) in [4.78, 5) is 38.6. The summed E-state index contributed by atoms with van der Waals surface area (Å²) in [6, 6.07) is 14.2. The van der Waals surface area contributed by atoms with Crippen molar-refractivity contribution in [2.45, 2.75) is 20.3 Å². The van der Waals surface area contributed by atoms with Crippen molar-refractivity contribution >= 4 is 23.4 Å². The fraction of sp³-hybridized carbons (Fsp3) is 0.318. The lowest BCUT2D eigenvalue weighted by atomic mass is 10.1. The third-order valence-electron chi connectivity index (χ3n) is 4.31. The predicted molar refractivity (Wildman–Crippen MR) is 112 cm³/mol. The molecular weight excluding hydrogens is 370 g/mol. The van der Waals surface area contributed by atoms with Gasteiger partial charge >= 0.3 is 0 Å². The summed E-state index contributed by atoms with van der Waals surface area (Å²) in [6.45, 7) is 3.98. The Labute approximate surface area is 171 Å². The first-order valence-electron chi connectivity index (χ1n) is 9.50. The summed E-state index contributed by atoms with van der Waals surface area (Å²) in [5, 5.41) is 5.26. The molecule has 2 N–H and O–H groups in total. The molecule has 0 unspecified atom stereocenters. The highest BCUT2D eigenvalue weighted by molar-refractivity contribution is 5.98. The van der Waals surface area contributed by atoms with Gasteiger partial charge in [-0.15, -0.1) is 0 Å². The molecule has 0 radical (unpaired) electrons. The van der Waals surface area contributed by atoms with Crippen LogP contribution in [0.3, 0.4) is 0 Å². The molecule has 2 rings (SSSR count). The summed E-state index contributed by atoms with van der Waals surface area (Å²) in [6.07, 6.45) is 0.725. The fourth-order valence-electron chi connectivity index (χ4n) is 2.79. The van der Waals surface area contributed by atoms with Crippen LogP contribution >= 0.6 is 0 Å². The predicted octanol–water partition coefficient (Wildman–Crippen LogP) is 2.61. The molecule has 0 aromatic heterocycles. The van der Waals surface area contributed by atoms with Gasteiger partial charge in [-0.1, -0.05) is 25.1 Å². The van der Waals surface area contributed by atoms with Gasteiger partial charge in [0.2, 0.25) is 11.8 Å². The number of benzene rings is 2. The number of rotatable bonds is 9. The van der Waals surface area contributed by atoms with Gasteiger partial charge in [-0.25, -0.2) is 0 Å². The molecular formula is C22H27N3O4. The molecule has 0 saturated carbocycles. The molecule has 0 aliphatic rings. The average Bonchev–Trinajstić information content (AvgIpc) is 2.72. The Morgan fingerprint density at radius 3 is 2.31 bits per heavy atom. The molecule has 29 heavy (non-hydrogen) atoms. The number of carbonyl (C=O) groups is 3. The van der Waals surface area contributed by atoms with Crippen LogP contribution in [0, 0.1) is 6.92 Å². The Kier molecular flexibility index (Phi) is 8.21. The smallest absolute Gasteiger partial charge is 0.254 e. The largest absolute Gasteiger partial charge is 0.497 e. The van der Waals surface area contributed by atoms with Crippen molar-refractivity contribution in [1.82, 2.24) is 10.2 Å². The monoisotopic (exact) mass is 397 g/mol. The SMILES string of the molecule is CCCN(CC(=O)NCC(=O)Nc1ccc(OC)cc1)C(=O)c1ccccc1C. The number of nitrogens with one attached hydrogen (secondary N) is 2. The van der Waals surface area contributed by atoms with E-state index < -0.39 is 0 Å². The second-order valence-corrected chi connectivity index (χ2v) is 6.60. The standard InChI is InChI=1S/C22H27N3O4/c1-4-13-25(22(28)19-8-6-5-7-16(19)2)15-21(27)23-14-20(26)24-17-9-11-18(29-3)12-10-17/h5-12H,4,13-15H2,1-3H3,(H,23,27)(H,24,26). The Hall–Kier alpha value is -3.35. The zero-order valence-corrected chi connectivity index (χ0v) is 17.0. The first-order valence-corrected chi connectivity index (χ1v) is 9.50. The number of amides is 3. The minimum absolute atomic E-state index is 0.100. The Bertz CT molecular complexity index is 849. The van der Waals surface area contributed by atoms with Crippen LogP contribution in [0.4, 0.5) is 5.69 Å². The normalized spacial score (nSPS) is 10.2. The minimum Gasteiger partial charge on any atom is -0.497 e. The summed E-state index contributed by atoms with van der Waals surface area (Å²) in [7, 11) is 1.56. The van der Waals surface area contributed by atoms with Crippen molar-refractivity contribution in [3.63, 3.8) is 0 Å². The van der Waals surface area contributed by atoms with E-state index in [9.17, 15) is 14.4 Å². The second-order valence-electron chi connectivity index (χ2n) is 6.60. The summed E-state index contributed by atoms with van der Waals surface area (Å²) < 4.78 is 5.07. The summed E-state index contributed by atoms with van der Waals surface area (Å²) >= 11 is 0. The van der Waals surface area contributed by atoms with Crippen molar-refractivity contribution in [1.29, 1.82) is 0 Å². The van der Waals surface area contributed by atoms with Crippen LogP contribution in [-0.2, 0) is 9.59 Å². The second kappa shape index (κ2) is 10.8. The number of nitrogens with zero attached hydrogens (tertiary/aromatic N) is 1. The highest BCUT2D eigenvalue weighted by atomic mass is 16.5. The Morgan fingerprint density at radius 2 is 1.69 bits per heavy atom. The maximum absolute atomic E-state index is 12.8. The van der Waals surface area contributed by atoms with Crippen LogP contribution in [0.25, 0.3) is 0 Å². The zero-order chi connectivity index (χ0) is 21.2. The first-order chi connectivity index (χ1) is 13.9. The van der Waals surface area contributed by atoms with Gasteiger partial charge in [0.25, 0.3) is 5.91 Å². The highest BCUT2D eigenvalue weighted by Crippen LogP contribution is 2.14. The van der Waals surface area contributed by atoms with Crippen LogP contribution in [0.5, 0.6) is 5.75 Å². The van der Waals surface area contributed by atoms with Crippen LogP contribution in [0.2, 0.25) is 0 Å². The van der Waals surface area contributed by atoms with Gasteiger partial charge in [0.05, 0.1) is 20.2 Å². The number of methoxy groups -OCH3 is 1. The van der Waals surface area contributed by atoms with E-state index in [0.29, 0.717) is 23.5 Å². The van der Waals surface area contributed by atoms with E-state index in [1.807, 2.05) is 26.0 Å². The number of hydrogen-bond donors (Lipinski definition) is 2. The minimum atomic E-state index is -0.384. The number of aryl methyl sites for hydroxylation is 1. The molecule has 2 aromatic rings. The van der Waals surface area contributed by atoms with Crippen LogP contribution in [0.1, 0.15) is 29.3 Å². The molecule has 0 heterocycles. The summed E-state index contributed by atoms with van der Waals surface area (Å²) in [5.74, 6) is -0.241. The molecule has 0 spiro atoms. The van der Waals surface area contributed by atoms with E-state index >= 15 is 0 Å². The molecule has 7 nitrogen and oxygen atoms in total. The highest BCUT2D eigenvalue weighted by Gasteiger charge is 2.19. The Morgan fingerprint density at radius 1 is 1.00 bits per heavy atom. The molecule has 3 amide bonds. The number of hydrogen-bond acceptors (Lipinski definition) is 4. The van der Waals surface area contributed by atoms with Crippen molar-refractivity contribution < 1.29 is 19.1 Å². The average molecular weight is 397 g/mol. The maximum Gasteiger partial charge on any atom is 0.254 e. The molecule has 0 saturated heterocycles. The topological polar surface area (TPSA) is 87.7 Å². The Balaban J connectivity index is 1.88. The molecule has 0 fully saturated rings. The van der Waals surface area contributed by atoms with Gasteiger partial charge in [0.15, 0.2) is 0 Å². The maximum atomic E-state index is 12.8. The van der Waals surface area contributed by atoms with E-state index in [2.05, 4.69) is 10.6 Å². The quantitative estimate of drug-likeness (QED) is 0.681. The van der Waals surface area contributed by atoms with Gasteiger partial charge in [0, 0.05) is 17.8 Å². The van der Waals surface area contributed by atoms with Crippen LogP contribution in [0.15, 0.2) is 48.5 Å². The molecule has 0 aliphatic carbocycles. The van der Waals surface area contributed by atoms with E-state index in [1.54, 1.807) is 43.5 Å². The van der Waals surface area contributed by atoms with Gasteiger partial charge < -0.3 is 20.3 Å². The third kappa shape index (κ3) is 6.64. The molecule has 0 bridgehead atoms. The fourth-order valence-corrected chi connectivity index (χ4v) is 2.79. The van der Waals surface area contributed by atoms with E-state index in [4.69, 9.17) is 4.74 Å². The van der Waals surface area contributed by atoms with Gasteiger partial charge in [-0.3, -0.25) is 14.4 Å².